The molecule has 0 heteroatoms. The van der Waals surface area contributed by atoms with Crippen molar-refractivity contribution in [3.8, 4) is 22.3 Å². The summed E-state index contributed by atoms with van der Waals surface area (Å²) in [5.41, 5.74) is 6.29. The van der Waals surface area contributed by atoms with Crippen LogP contribution in [-0.4, -0.2) is 0 Å². The Bertz CT molecular complexity index is 1530. The van der Waals surface area contributed by atoms with Crippen molar-refractivity contribution >= 4 is 32.3 Å². The van der Waals surface area contributed by atoms with Crippen LogP contribution in [0.25, 0.3) is 54.6 Å². The Morgan fingerprint density at radius 1 is 0.323 bits per heavy atom. The molecule has 31 heavy (non-hydrogen) atoms. The smallest absolute Gasteiger partial charge is 0.00928 e. The van der Waals surface area contributed by atoms with Crippen LogP contribution in [0, 0.1) is 6.92 Å². The molecule has 146 valence electrons. The zero-order valence-corrected chi connectivity index (χ0v) is 17.5. The van der Waals surface area contributed by atoms with Gasteiger partial charge in [-0.15, -0.1) is 0 Å². The Kier molecular flexibility index (Phi) is 4.11. The zero-order valence-electron chi connectivity index (χ0n) is 17.5. The van der Waals surface area contributed by atoms with E-state index in [4.69, 9.17) is 0 Å². The van der Waals surface area contributed by atoms with Gasteiger partial charge in [-0.05, 0) is 73.6 Å². The van der Waals surface area contributed by atoms with Gasteiger partial charge in [-0.3, -0.25) is 0 Å². The van der Waals surface area contributed by atoms with E-state index in [2.05, 4.69) is 122 Å². The third-order valence-electron chi connectivity index (χ3n) is 6.33. The average Bonchev–Trinajstić information content (AvgIpc) is 2.84. The molecule has 0 bridgehead atoms. The van der Waals surface area contributed by atoms with Crippen molar-refractivity contribution in [2.24, 2.45) is 0 Å². The van der Waals surface area contributed by atoms with Crippen LogP contribution in [0.1, 0.15) is 5.56 Å². The highest BCUT2D eigenvalue weighted by Crippen LogP contribution is 2.37. The van der Waals surface area contributed by atoms with E-state index < -0.39 is 0 Å². The van der Waals surface area contributed by atoms with Gasteiger partial charge in [0.1, 0.15) is 0 Å². The van der Waals surface area contributed by atoms with Gasteiger partial charge in [-0.1, -0.05) is 109 Å². The monoisotopic (exact) mass is 394 g/mol. The van der Waals surface area contributed by atoms with E-state index in [9.17, 15) is 0 Å². The molecule has 0 aliphatic heterocycles. The molecule has 0 N–H and O–H groups in total. The van der Waals surface area contributed by atoms with Gasteiger partial charge in [0.05, 0.1) is 0 Å². The molecule has 0 fully saturated rings. The van der Waals surface area contributed by atoms with Gasteiger partial charge in [0, 0.05) is 0 Å². The lowest BCUT2D eigenvalue weighted by Gasteiger charge is -2.12. The van der Waals surface area contributed by atoms with Crippen molar-refractivity contribution in [2.45, 2.75) is 6.92 Å². The lowest BCUT2D eigenvalue weighted by atomic mass is 9.91. The molecule has 0 unspecified atom stereocenters. The first kappa shape index (κ1) is 17.9. The molecule has 0 aliphatic rings. The maximum Gasteiger partial charge on any atom is -0.00928 e. The summed E-state index contributed by atoms with van der Waals surface area (Å²) in [5.74, 6) is 0. The normalized spacial score (nSPS) is 11.4. The van der Waals surface area contributed by atoms with Gasteiger partial charge >= 0.3 is 0 Å². The Hall–Kier alpha value is -3.90. The van der Waals surface area contributed by atoms with Gasteiger partial charge in [0.15, 0.2) is 0 Å². The number of hydrogen-bond acceptors (Lipinski definition) is 0. The molecule has 6 aromatic rings. The second kappa shape index (κ2) is 7.11. The van der Waals surface area contributed by atoms with E-state index in [-0.39, 0.29) is 0 Å². The Labute approximate surface area is 182 Å². The predicted octanol–water partition coefficient (Wildman–Crippen LogP) is 8.79. The van der Waals surface area contributed by atoms with Crippen LogP contribution < -0.4 is 0 Å². The summed E-state index contributed by atoms with van der Waals surface area (Å²) >= 11 is 0. The van der Waals surface area contributed by atoms with Gasteiger partial charge < -0.3 is 0 Å². The zero-order chi connectivity index (χ0) is 20.8. The molecule has 0 aliphatic carbocycles. The van der Waals surface area contributed by atoms with Crippen LogP contribution in [0.4, 0.5) is 0 Å². The minimum atomic E-state index is 1.25. The van der Waals surface area contributed by atoms with E-state index >= 15 is 0 Å². The SMILES string of the molecule is Cc1ccc(-c2cccc(-c3ccc4c5ccccc5c5ccccc5c4c3)c2)cc1. The number of fused-ring (bicyclic) bond motifs is 6. The summed E-state index contributed by atoms with van der Waals surface area (Å²) in [5, 5.41) is 7.89. The van der Waals surface area contributed by atoms with Crippen LogP contribution in [0.2, 0.25) is 0 Å². The van der Waals surface area contributed by atoms with E-state index in [0.29, 0.717) is 0 Å². The number of hydrogen-bond donors (Lipinski definition) is 0. The van der Waals surface area contributed by atoms with Gasteiger partial charge in [-0.25, -0.2) is 0 Å². The minimum absolute atomic E-state index is 1.25. The molecule has 6 rings (SSSR count). The first-order valence-corrected chi connectivity index (χ1v) is 10.8. The van der Waals surface area contributed by atoms with E-state index in [0.717, 1.165) is 0 Å². The average molecular weight is 395 g/mol. The molecule has 0 heterocycles. The van der Waals surface area contributed by atoms with E-state index in [1.807, 2.05) is 0 Å². The molecular formula is C31H22. The number of rotatable bonds is 2. The fourth-order valence-corrected chi connectivity index (χ4v) is 4.71. The molecule has 0 saturated carbocycles. The van der Waals surface area contributed by atoms with Crippen LogP contribution in [0.5, 0.6) is 0 Å². The van der Waals surface area contributed by atoms with Crippen molar-refractivity contribution in [3.05, 3.63) is 121 Å². The van der Waals surface area contributed by atoms with Crippen molar-refractivity contribution in [1.29, 1.82) is 0 Å². The van der Waals surface area contributed by atoms with Crippen LogP contribution in [-0.2, 0) is 0 Å². The second-order valence-electron chi connectivity index (χ2n) is 8.30. The van der Waals surface area contributed by atoms with Gasteiger partial charge in [0.2, 0.25) is 0 Å². The molecular weight excluding hydrogens is 372 g/mol. The van der Waals surface area contributed by atoms with Crippen molar-refractivity contribution in [2.75, 3.05) is 0 Å². The van der Waals surface area contributed by atoms with Crippen molar-refractivity contribution in [1.82, 2.24) is 0 Å². The fraction of sp³-hybridized carbons (Fsp3) is 0.0323. The van der Waals surface area contributed by atoms with Crippen molar-refractivity contribution < 1.29 is 0 Å². The summed E-state index contributed by atoms with van der Waals surface area (Å²) in [6, 6.07) is 42.0. The largest absolute Gasteiger partial charge is 0.0616 e. The molecule has 0 amide bonds. The van der Waals surface area contributed by atoms with Crippen molar-refractivity contribution in [3.63, 3.8) is 0 Å². The van der Waals surface area contributed by atoms with E-state index in [1.54, 1.807) is 0 Å². The Balaban J connectivity index is 1.58. The van der Waals surface area contributed by atoms with Crippen LogP contribution in [0.15, 0.2) is 115 Å². The summed E-state index contributed by atoms with van der Waals surface area (Å²) in [7, 11) is 0. The first-order valence-electron chi connectivity index (χ1n) is 10.8. The third-order valence-corrected chi connectivity index (χ3v) is 6.33. The van der Waals surface area contributed by atoms with Crippen LogP contribution >= 0.6 is 0 Å². The summed E-state index contributed by atoms with van der Waals surface area (Å²) in [4.78, 5) is 0. The lowest BCUT2D eigenvalue weighted by molar-refractivity contribution is 1.47. The van der Waals surface area contributed by atoms with Gasteiger partial charge in [0.25, 0.3) is 0 Å². The summed E-state index contributed by atoms with van der Waals surface area (Å²) < 4.78 is 0. The molecule has 0 saturated heterocycles. The maximum absolute atomic E-state index is 2.36. The minimum Gasteiger partial charge on any atom is -0.0616 e. The highest BCUT2D eigenvalue weighted by molar-refractivity contribution is 6.25. The molecule has 0 aromatic heterocycles. The second-order valence-corrected chi connectivity index (χ2v) is 8.30. The Morgan fingerprint density at radius 3 is 1.39 bits per heavy atom. The maximum atomic E-state index is 2.36. The highest BCUT2D eigenvalue weighted by atomic mass is 14.1. The quantitative estimate of drug-likeness (QED) is 0.257. The molecule has 0 nitrogen and oxygen atoms in total. The predicted molar refractivity (Wildman–Crippen MR) is 135 cm³/mol. The molecule has 0 atom stereocenters. The van der Waals surface area contributed by atoms with E-state index in [1.165, 1.54) is 60.1 Å². The number of benzene rings is 6. The Morgan fingerprint density at radius 2 is 0.774 bits per heavy atom. The lowest BCUT2D eigenvalue weighted by Crippen LogP contribution is -1.85. The first-order chi connectivity index (χ1) is 15.3. The highest BCUT2D eigenvalue weighted by Gasteiger charge is 2.10. The summed E-state index contributed by atoms with van der Waals surface area (Å²) in [6.07, 6.45) is 0. The van der Waals surface area contributed by atoms with Gasteiger partial charge in [-0.2, -0.15) is 0 Å². The summed E-state index contributed by atoms with van der Waals surface area (Å²) in [6.45, 7) is 2.13. The standard InChI is InChI=1S/C31H22/c1-21-13-15-22(16-14-21)23-7-6-8-24(19-23)25-17-18-30-28-11-3-2-9-26(28)27-10-4-5-12-29(27)31(30)20-25/h2-20H,1H3. The molecule has 6 aromatic carbocycles. The molecule has 0 spiro atoms. The fourth-order valence-electron chi connectivity index (χ4n) is 4.71. The third kappa shape index (κ3) is 3.00. The number of aryl methyl sites for hydroxylation is 1. The molecule has 0 radical (unpaired) electrons. The topological polar surface area (TPSA) is 0 Å². The van der Waals surface area contributed by atoms with Crippen LogP contribution in [0.3, 0.4) is 0 Å².